The number of nitrogens with zero attached hydrogens (tertiary/aromatic N) is 2. The number of para-hydroxylation sites is 1. The number of hydrogen-bond donors (Lipinski definition) is 0. The highest BCUT2D eigenvalue weighted by molar-refractivity contribution is 5.59. The van der Waals surface area contributed by atoms with Gasteiger partial charge in [-0.05, 0) is 30.2 Å². The topological polar surface area (TPSA) is 27.0 Å². The molecule has 0 aliphatic rings. The lowest BCUT2D eigenvalue weighted by Gasteiger charge is -2.21. The van der Waals surface area contributed by atoms with Gasteiger partial charge in [-0.25, -0.2) is 0 Å². The van der Waals surface area contributed by atoms with Crippen molar-refractivity contribution < 1.29 is 0 Å². The van der Waals surface area contributed by atoms with Crippen molar-refractivity contribution in [3.05, 3.63) is 65.2 Å². The van der Waals surface area contributed by atoms with Crippen molar-refractivity contribution in [2.45, 2.75) is 13.5 Å². The maximum absolute atomic E-state index is 9.11. The Morgan fingerprint density at radius 1 is 1.06 bits per heavy atom. The summed E-state index contributed by atoms with van der Waals surface area (Å²) in [4.78, 5) is 2.11. The standard InChI is InChI=1S/C16H16N2/c1-13-7-3-4-9-15(13)12-18(2)16-10-6-5-8-14(16)11-17/h3-10H,12H2,1-2H3. The van der Waals surface area contributed by atoms with E-state index in [1.807, 2.05) is 43.4 Å². The molecule has 2 aromatic carbocycles. The summed E-state index contributed by atoms with van der Waals surface area (Å²) in [6.45, 7) is 2.92. The third-order valence-electron chi connectivity index (χ3n) is 3.10. The quantitative estimate of drug-likeness (QED) is 0.815. The van der Waals surface area contributed by atoms with Gasteiger partial charge in [0, 0.05) is 13.6 Å². The molecule has 0 aromatic heterocycles. The summed E-state index contributed by atoms with van der Waals surface area (Å²) in [7, 11) is 2.02. The molecular formula is C16H16N2. The zero-order chi connectivity index (χ0) is 13.0. The third kappa shape index (κ3) is 2.52. The van der Waals surface area contributed by atoms with Crippen molar-refractivity contribution >= 4 is 5.69 Å². The van der Waals surface area contributed by atoms with E-state index in [0.29, 0.717) is 5.56 Å². The molecule has 2 rings (SSSR count). The smallest absolute Gasteiger partial charge is 0.101 e. The van der Waals surface area contributed by atoms with E-state index in [-0.39, 0.29) is 0 Å². The lowest BCUT2D eigenvalue weighted by molar-refractivity contribution is 0.912. The normalized spacial score (nSPS) is 9.83. The molecule has 0 saturated carbocycles. The van der Waals surface area contributed by atoms with Gasteiger partial charge in [-0.1, -0.05) is 36.4 Å². The van der Waals surface area contributed by atoms with Crippen molar-refractivity contribution in [3.8, 4) is 6.07 Å². The van der Waals surface area contributed by atoms with E-state index in [1.165, 1.54) is 11.1 Å². The molecule has 0 radical (unpaired) electrons. The Labute approximate surface area is 108 Å². The van der Waals surface area contributed by atoms with Crippen LogP contribution in [0.25, 0.3) is 0 Å². The molecule has 0 unspecified atom stereocenters. The van der Waals surface area contributed by atoms with Gasteiger partial charge in [0.25, 0.3) is 0 Å². The summed E-state index contributed by atoms with van der Waals surface area (Å²) >= 11 is 0. The van der Waals surface area contributed by atoms with Crippen LogP contribution in [0.5, 0.6) is 0 Å². The molecule has 90 valence electrons. The Morgan fingerprint density at radius 2 is 1.72 bits per heavy atom. The summed E-state index contributed by atoms with van der Waals surface area (Å²) in [6.07, 6.45) is 0. The van der Waals surface area contributed by atoms with Crippen LogP contribution in [0.15, 0.2) is 48.5 Å². The summed E-state index contributed by atoms with van der Waals surface area (Å²) in [5, 5.41) is 9.11. The van der Waals surface area contributed by atoms with Crippen molar-refractivity contribution in [2.75, 3.05) is 11.9 Å². The van der Waals surface area contributed by atoms with Crippen LogP contribution in [0.2, 0.25) is 0 Å². The average molecular weight is 236 g/mol. The van der Waals surface area contributed by atoms with E-state index < -0.39 is 0 Å². The zero-order valence-electron chi connectivity index (χ0n) is 10.7. The van der Waals surface area contributed by atoms with E-state index in [2.05, 4.69) is 30.0 Å². The number of hydrogen-bond acceptors (Lipinski definition) is 2. The van der Waals surface area contributed by atoms with Gasteiger partial charge in [0.05, 0.1) is 11.3 Å². The third-order valence-corrected chi connectivity index (χ3v) is 3.10. The molecule has 0 aliphatic heterocycles. The SMILES string of the molecule is Cc1ccccc1CN(C)c1ccccc1C#N. The lowest BCUT2D eigenvalue weighted by atomic mass is 10.1. The van der Waals surface area contributed by atoms with Gasteiger partial charge in [0.15, 0.2) is 0 Å². The molecule has 2 heteroatoms. The highest BCUT2D eigenvalue weighted by Crippen LogP contribution is 2.21. The van der Waals surface area contributed by atoms with E-state index in [4.69, 9.17) is 5.26 Å². The number of anilines is 1. The highest BCUT2D eigenvalue weighted by atomic mass is 15.1. The van der Waals surface area contributed by atoms with Crippen LogP contribution in [-0.2, 0) is 6.54 Å². The summed E-state index contributed by atoms with van der Waals surface area (Å²) < 4.78 is 0. The van der Waals surface area contributed by atoms with Crippen LogP contribution in [-0.4, -0.2) is 7.05 Å². The molecule has 2 aromatic rings. The zero-order valence-corrected chi connectivity index (χ0v) is 10.7. The van der Waals surface area contributed by atoms with Gasteiger partial charge in [-0.15, -0.1) is 0 Å². The first-order chi connectivity index (χ1) is 8.72. The van der Waals surface area contributed by atoms with E-state index >= 15 is 0 Å². The first-order valence-corrected chi connectivity index (χ1v) is 5.97. The molecule has 0 heterocycles. The maximum atomic E-state index is 9.11. The number of aryl methyl sites for hydroxylation is 1. The molecule has 0 amide bonds. The molecule has 0 N–H and O–H groups in total. The minimum Gasteiger partial charge on any atom is -0.369 e. The van der Waals surface area contributed by atoms with E-state index in [1.54, 1.807) is 0 Å². The van der Waals surface area contributed by atoms with Gasteiger partial charge >= 0.3 is 0 Å². The molecule has 2 nitrogen and oxygen atoms in total. The van der Waals surface area contributed by atoms with Crippen molar-refractivity contribution in [1.29, 1.82) is 5.26 Å². The first-order valence-electron chi connectivity index (χ1n) is 5.97. The Morgan fingerprint density at radius 3 is 2.44 bits per heavy atom. The fourth-order valence-electron chi connectivity index (χ4n) is 2.03. The number of nitriles is 1. The van der Waals surface area contributed by atoms with Gasteiger partial charge in [0.1, 0.15) is 6.07 Å². The average Bonchev–Trinajstić information content (AvgIpc) is 2.41. The highest BCUT2D eigenvalue weighted by Gasteiger charge is 2.07. The Balaban J connectivity index is 2.26. The number of rotatable bonds is 3. The molecule has 0 aliphatic carbocycles. The van der Waals surface area contributed by atoms with Gasteiger partial charge in [0.2, 0.25) is 0 Å². The van der Waals surface area contributed by atoms with Crippen molar-refractivity contribution in [3.63, 3.8) is 0 Å². The minimum absolute atomic E-state index is 0.716. The second kappa shape index (κ2) is 5.37. The molecule has 0 atom stereocenters. The molecule has 18 heavy (non-hydrogen) atoms. The van der Waals surface area contributed by atoms with Crippen LogP contribution < -0.4 is 4.90 Å². The van der Waals surface area contributed by atoms with Crippen LogP contribution in [0.1, 0.15) is 16.7 Å². The molecule has 0 spiro atoms. The van der Waals surface area contributed by atoms with Crippen molar-refractivity contribution in [1.82, 2.24) is 0 Å². The Hall–Kier alpha value is -2.27. The Bertz CT molecular complexity index is 582. The monoisotopic (exact) mass is 236 g/mol. The summed E-state index contributed by atoms with van der Waals surface area (Å²) in [6, 6.07) is 18.3. The largest absolute Gasteiger partial charge is 0.369 e. The van der Waals surface area contributed by atoms with Crippen molar-refractivity contribution in [2.24, 2.45) is 0 Å². The fraction of sp³-hybridized carbons (Fsp3) is 0.188. The molecular weight excluding hydrogens is 220 g/mol. The first kappa shape index (κ1) is 12.2. The molecule has 0 bridgehead atoms. The van der Waals surface area contributed by atoms with Crippen LogP contribution in [0.4, 0.5) is 5.69 Å². The van der Waals surface area contributed by atoms with Gasteiger partial charge in [-0.2, -0.15) is 5.26 Å². The summed E-state index contributed by atoms with van der Waals surface area (Å²) in [5.41, 5.74) is 4.25. The van der Waals surface area contributed by atoms with Crippen LogP contribution in [0, 0.1) is 18.3 Å². The maximum Gasteiger partial charge on any atom is 0.101 e. The second-order valence-corrected chi connectivity index (χ2v) is 4.41. The number of benzene rings is 2. The Kier molecular flexibility index (Phi) is 3.64. The summed E-state index contributed by atoms with van der Waals surface area (Å²) in [5.74, 6) is 0. The predicted octanol–water partition coefficient (Wildman–Crippen LogP) is 3.50. The van der Waals surface area contributed by atoms with Crippen LogP contribution in [0.3, 0.4) is 0 Å². The fourth-order valence-corrected chi connectivity index (χ4v) is 2.03. The second-order valence-electron chi connectivity index (χ2n) is 4.41. The van der Waals surface area contributed by atoms with E-state index in [0.717, 1.165) is 12.2 Å². The van der Waals surface area contributed by atoms with Gasteiger partial charge in [-0.3, -0.25) is 0 Å². The molecule has 0 saturated heterocycles. The van der Waals surface area contributed by atoms with Crippen LogP contribution >= 0.6 is 0 Å². The van der Waals surface area contributed by atoms with Gasteiger partial charge < -0.3 is 4.90 Å². The predicted molar refractivity (Wildman–Crippen MR) is 74.4 cm³/mol. The van der Waals surface area contributed by atoms with E-state index in [9.17, 15) is 0 Å². The lowest BCUT2D eigenvalue weighted by Crippen LogP contribution is -2.18. The molecule has 0 fully saturated rings. The minimum atomic E-state index is 0.716.